The third-order valence-electron chi connectivity index (χ3n) is 6.08. The zero-order valence-corrected chi connectivity index (χ0v) is 17.1. The smallest absolute Gasteiger partial charge is 0.289 e. The molecule has 0 aliphatic carbocycles. The Bertz CT molecular complexity index is 1190. The van der Waals surface area contributed by atoms with Crippen molar-refractivity contribution in [3.05, 3.63) is 96.1 Å². The van der Waals surface area contributed by atoms with Crippen molar-refractivity contribution in [1.82, 2.24) is 9.88 Å². The van der Waals surface area contributed by atoms with E-state index in [4.69, 9.17) is 4.42 Å². The third kappa shape index (κ3) is 3.66. The van der Waals surface area contributed by atoms with Gasteiger partial charge in [0.15, 0.2) is 11.8 Å². The first-order valence-corrected chi connectivity index (χ1v) is 10.5. The highest BCUT2D eigenvalue weighted by molar-refractivity contribution is 6.10. The first kappa shape index (κ1) is 19.3. The zero-order chi connectivity index (χ0) is 21.2. The Morgan fingerprint density at radius 2 is 1.68 bits per heavy atom. The number of furan rings is 1. The van der Waals surface area contributed by atoms with Crippen LogP contribution in [0.3, 0.4) is 0 Å². The first-order valence-electron chi connectivity index (χ1n) is 10.5. The van der Waals surface area contributed by atoms with Crippen LogP contribution in [0.4, 0.5) is 0 Å². The highest BCUT2D eigenvalue weighted by Gasteiger charge is 2.37. The number of nitrogens with one attached hydrogen (secondary N) is 2. The lowest BCUT2D eigenvalue weighted by atomic mass is 9.95. The van der Waals surface area contributed by atoms with Crippen molar-refractivity contribution in [3.63, 3.8) is 0 Å². The zero-order valence-electron chi connectivity index (χ0n) is 17.1. The molecule has 2 N–H and O–H groups in total. The van der Waals surface area contributed by atoms with Crippen LogP contribution in [0.2, 0.25) is 0 Å². The fraction of sp³-hybridized carbons (Fsp3) is 0.200. The number of benzene rings is 2. The molecule has 5 rings (SSSR count). The molecule has 4 aromatic rings. The normalized spacial score (nSPS) is 15.8. The number of ketones is 1. The number of H-pyrrole nitrogens is 1. The Morgan fingerprint density at radius 1 is 0.935 bits per heavy atom. The number of hydrogen-bond acceptors (Lipinski definition) is 3. The van der Waals surface area contributed by atoms with Gasteiger partial charge in [-0.25, -0.2) is 0 Å². The van der Waals surface area contributed by atoms with Gasteiger partial charge in [-0.2, -0.15) is 0 Å². The number of piperazine rings is 1. The molecule has 1 fully saturated rings. The van der Waals surface area contributed by atoms with Gasteiger partial charge in [0.25, 0.3) is 5.91 Å². The molecule has 3 heterocycles. The van der Waals surface area contributed by atoms with Gasteiger partial charge in [-0.1, -0.05) is 48.5 Å². The molecule has 2 aromatic heterocycles. The number of para-hydroxylation sites is 1. The Labute approximate surface area is 180 Å². The second kappa shape index (κ2) is 8.24. The van der Waals surface area contributed by atoms with Crippen LogP contribution in [0.5, 0.6) is 0 Å². The van der Waals surface area contributed by atoms with E-state index in [1.807, 2.05) is 60.8 Å². The molecule has 1 aliphatic rings. The van der Waals surface area contributed by atoms with Crippen LogP contribution in [0.25, 0.3) is 10.9 Å². The number of carbonyl (C=O) groups is 2. The van der Waals surface area contributed by atoms with Crippen molar-refractivity contribution < 1.29 is 18.9 Å². The van der Waals surface area contributed by atoms with Gasteiger partial charge >= 0.3 is 0 Å². The van der Waals surface area contributed by atoms with Gasteiger partial charge in [0.05, 0.1) is 32.4 Å². The number of fused-ring (bicyclic) bond motifs is 1. The molecule has 156 valence electrons. The molecule has 1 amide bonds. The molecule has 0 unspecified atom stereocenters. The standard InChI is InChI=1S/C25H23N3O3/c29-24(20-17-26-21-10-5-4-9-19(20)21)23(18-7-2-1-3-8-18)27-12-14-28(15-13-27)25(30)22-11-6-16-31-22/h1-11,16-17,23,26H,12-15H2/p+1/t23-/m1/s1. The Balaban J connectivity index is 1.41. The summed E-state index contributed by atoms with van der Waals surface area (Å²) in [6.07, 6.45) is 3.33. The van der Waals surface area contributed by atoms with E-state index in [9.17, 15) is 9.59 Å². The lowest BCUT2D eigenvalue weighted by molar-refractivity contribution is -0.925. The van der Waals surface area contributed by atoms with Crippen molar-refractivity contribution in [2.24, 2.45) is 0 Å². The highest BCUT2D eigenvalue weighted by Crippen LogP contribution is 2.23. The van der Waals surface area contributed by atoms with Gasteiger partial charge in [-0.3, -0.25) is 9.59 Å². The summed E-state index contributed by atoms with van der Waals surface area (Å²) in [5, 5.41) is 0.944. The molecule has 2 aromatic carbocycles. The van der Waals surface area contributed by atoms with Crippen LogP contribution in [0, 0.1) is 0 Å². The predicted molar refractivity (Wildman–Crippen MR) is 117 cm³/mol. The summed E-state index contributed by atoms with van der Waals surface area (Å²) in [6, 6.07) is 20.9. The van der Waals surface area contributed by atoms with Crippen molar-refractivity contribution in [1.29, 1.82) is 0 Å². The molecule has 6 heteroatoms. The average molecular weight is 414 g/mol. The molecule has 1 atom stereocenters. The van der Waals surface area contributed by atoms with Gasteiger partial charge < -0.3 is 19.2 Å². The monoisotopic (exact) mass is 414 g/mol. The summed E-state index contributed by atoms with van der Waals surface area (Å²) in [4.78, 5) is 32.6. The summed E-state index contributed by atoms with van der Waals surface area (Å²) in [7, 11) is 0. The largest absolute Gasteiger partial charge is 0.459 e. The highest BCUT2D eigenvalue weighted by atomic mass is 16.3. The Morgan fingerprint density at radius 3 is 2.42 bits per heavy atom. The van der Waals surface area contributed by atoms with Gasteiger partial charge in [-0.15, -0.1) is 0 Å². The maximum Gasteiger partial charge on any atom is 0.289 e. The van der Waals surface area contributed by atoms with Crippen molar-refractivity contribution in [2.75, 3.05) is 26.2 Å². The number of aromatic nitrogens is 1. The molecular weight excluding hydrogens is 390 g/mol. The fourth-order valence-electron chi connectivity index (χ4n) is 4.49. The third-order valence-corrected chi connectivity index (χ3v) is 6.08. The van der Waals surface area contributed by atoms with Crippen molar-refractivity contribution in [2.45, 2.75) is 6.04 Å². The molecule has 0 bridgehead atoms. The van der Waals surface area contributed by atoms with Gasteiger partial charge in [-0.05, 0) is 18.2 Å². The molecule has 0 radical (unpaired) electrons. The Kier molecular flexibility index (Phi) is 5.14. The number of nitrogens with zero attached hydrogens (tertiary/aromatic N) is 1. The second-order valence-corrected chi connectivity index (χ2v) is 7.88. The molecule has 31 heavy (non-hydrogen) atoms. The van der Waals surface area contributed by atoms with Crippen LogP contribution < -0.4 is 4.90 Å². The molecule has 0 saturated carbocycles. The molecule has 0 spiro atoms. The number of Topliss-reactive ketones (excluding diaryl/α,β-unsaturated/α-hetero) is 1. The maximum absolute atomic E-state index is 13.8. The summed E-state index contributed by atoms with van der Waals surface area (Å²) < 4.78 is 5.26. The number of rotatable bonds is 5. The van der Waals surface area contributed by atoms with Gasteiger partial charge in [0.2, 0.25) is 5.78 Å². The predicted octanol–water partition coefficient (Wildman–Crippen LogP) is 2.73. The van der Waals surface area contributed by atoms with Gasteiger partial charge in [0, 0.05) is 28.2 Å². The number of amides is 1. The summed E-state index contributed by atoms with van der Waals surface area (Å²) in [5.41, 5.74) is 2.67. The van der Waals surface area contributed by atoms with Crippen LogP contribution >= 0.6 is 0 Å². The lowest BCUT2D eigenvalue weighted by Crippen LogP contribution is -3.15. The number of carbonyl (C=O) groups excluding carboxylic acids is 2. The molecule has 1 saturated heterocycles. The minimum absolute atomic E-state index is 0.0942. The maximum atomic E-state index is 13.8. The SMILES string of the molecule is O=C(c1c[nH]c2ccccc12)[C@@H](c1ccccc1)[NH+]1CCN(C(=O)c2ccco2)CC1. The molecular formula is C25H24N3O3+. The number of hydrogen-bond donors (Lipinski definition) is 2. The van der Waals surface area contributed by atoms with E-state index in [1.165, 1.54) is 11.2 Å². The van der Waals surface area contributed by atoms with E-state index >= 15 is 0 Å². The summed E-state index contributed by atoms with van der Waals surface area (Å²) in [6.45, 7) is 2.55. The fourth-order valence-corrected chi connectivity index (χ4v) is 4.49. The summed E-state index contributed by atoms with van der Waals surface area (Å²) in [5.74, 6) is 0.366. The van der Waals surface area contributed by atoms with Crippen LogP contribution in [-0.4, -0.2) is 47.8 Å². The van der Waals surface area contributed by atoms with E-state index in [0.29, 0.717) is 37.5 Å². The van der Waals surface area contributed by atoms with E-state index in [1.54, 1.807) is 17.0 Å². The minimum Gasteiger partial charge on any atom is -0.459 e. The van der Waals surface area contributed by atoms with Gasteiger partial charge in [0.1, 0.15) is 0 Å². The van der Waals surface area contributed by atoms with Crippen LogP contribution in [0.15, 0.2) is 83.6 Å². The summed E-state index contributed by atoms with van der Waals surface area (Å²) >= 11 is 0. The molecule has 6 nitrogen and oxygen atoms in total. The van der Waals surface area contributed by atoms with E-state index < -0.39 is 0 Å². The number of quaternary nitrogens is 1. The molecule has 1 aliphatic heterocycles. The van der Waals surface area contributed by atoms with Crippen molar-refractivity contribution >= 4 is 22.6 Å². The van der Waals surface area contributed by atoms with E-state index in [0.717, 1.165) is 16.5 Å². The van der Waals surface area contributed by atoms with E-state index in [-0.39, 0.29) is 17.7 Å². The quantitative estimate of drug-likeness (QED) is 0.494. The lowest BCUT2D eigenvalue weighted by Gasteiger charge is -2.35. The van der Waals surface area contributed by atoms with E-state index in [2.05, 4.69) is 4.98 Å². The van der Waals surface area contributed by atoms with Crippen LogP contribution in [-0.2, 0) is 0 Å². The topological polar surface area (TPSA) is 70.8 Å². The van der Waals surface area contributed by atoms with Crippen LogP contribution in [0.1, 0.15) is 32.5 Å². The first-order chi connectivity index (χ1) is 15.2. The second-order valence-electron chi connectivity index (χ2n) is 7.88. The Hall–Kier alpha value is -3.64. The number of aromatic amines is 1. The minimum atomic E-state index is -0.318. The average Bonchev–Trinajstić information content (AvgIpc) is 3.50. The van der Waals surface area contributed by atoms with Crippen molar-refractivity contribution in [3.8, 4) is 0 Å².